The largest absolute Gasteiger partial charge is 0.398 e. The maximum absolute atomic E-state index is 12.9. The molecule has 1 amide bonds. The standard InChI is InChI=1S/C22H20ClN5OS/c23-20-10-14-2-3-15(27-21(14)30-20)11-26-18-6-8-28(22(18)29)12-13-1-4-16-17(24)5-7-25-19(16)9-13/h1-5,7,9-10,18,26H,6,8,11-12H2,(H2,24,25). The van der Waals surface area contributed by atoms with Gasteiger partial charge in [0.1, 0.15) is 4.83 Å². The van der Waals surface area contributed by atoms with Crippen LogP contribution in [0, 0.1) is 0 Å². The normalized spacial score (nSPS) is 16.8. The molecule has 1 aromatic carbocycles. The summed E-state index contributed by atoms with van der Waals surface area (Å²) in [4.78, 5) is 24.7. The minimum Gasteiger partial charge on any atom is -0.398 e. The molecule has 1 aliphatic rings. The highest BCUT2D eigenvalue weighted by atomic mass is 35.5. The molecule has 1 fully saturated rings. The summed E-state index contributed by atoms with van der Waals surface area (Å²) in [6.45, 7) is 1.85. The summed E-state index contributed by atoms with van der Waals surface area (Å²) in [6.07, 6.45) is 2.49. The van der Waals surface area contributed by atoms with Crippen molar-refractivity contribution in [2.75, 3.05) is 12.3 Å². The Morgan fingerprint density at radius 1 is 1.23 bits per heavy atom. The number of thiophene rings is 1. The highest BCUT2D eigenvalue weighted by Gasteiger charge is 2.31. The number of aromatic nitrogens is 2. The van der Waals surface area contributed by atoms with Gasteiger partial charge < -0.3 is 16.0 Å². The molecule has 4 heterocycles. The number of fused-ring (bicyclic) bond motifs is 2. The maximum atomic E-state index is 12.9. The zero-order chi connectivity index (χ0) is 20.7. The van der Waals surface area contributed by atoms with E-state index in [1.807, 2.05) is 41.3 Å². The second-order valence-electron chi connectivity index (χ2n) is 7.48. The third-order valence-corrected chi connectivity index (χ3v) is 6.63. The lowest BCUT2D eigenvalue weighted by Crippen LogP contribution is -2.37. The second-order valence-corrected chi connectivity index (χ2v) is 9.14. The Kier molecular flexibility index (Phi) is 5.02. The topological polar surface area (TPSA) is 84.1 Å². The summed E-state index contributed by atoms with van der Waals surface area (Å²) in [5.41, 5.74) is 9.52. The molecule has 5 rings (SSSR count). The number of nitrogen functional groups attached to an aromatic ring is 1. The van der Waals surface area contributed by atoms with Gasteiger partial charge in [-0.1, -0.05) is 29.8 Å². The average molecular weight is 438 g/mol. The van der Waals surface area contributed by atoms with E-state index >= 15 is 0 Å². The van der Waals surface area contributed by atoms with Crippen LogP contribution >= 0.6 is 22.9 Å². The second kappa shape index (κ2) is 7.83. The van der Waals surface area contributed by atoms with Crippen LogP contribution in [0.2, 0.25) is 4.34 Å². The van der Waals surface area contributed by atoms with Crippen molar-refractivity contribution >= 4 is 55.7 Å². The van der Waals surface area contributed by atoms with Crippen molar-refractivity contribution in [2.45, 2.75) is 25.6 Å². The minimum atomic E-state index is -0.191. The van der Waals surface area contributed by atoms with E-state index in [2.05, 4.69) is 15.3 Å². The molecule has 0 bridgehead atoms. The Morgan fingerprint density at radius 2 is 2.13 bits per heavy atom. The first kappa shape index (κ1) is 19.2. The van der Waals surface area contributed by atoms with Gasteiger partial charge in [0.25, 0.3) is 0 Å². The van der Waals surface area contributed by atoms with Crippen LogP contribution in [-0.2, 0) is 17.9 Å². The van der Waals surface area contributed by atoms with E-state index in [-0.39, 0.29) is 11.9 Å². The van der Waals surface area contributed by atoms with Crippen LogP contribution in [0.4, 0.5) is 5.69 Å². The van der Waals surface area contributed by atoms with Gasteiger partial charge in [-0.3, -0.25) is 9.78 Å². The number of halogens is 1. The SMILES string of the molecule is Nc1ccnc2cc(CN3CCC(NCc4ccc5cc(Cl)sc5n4)C3=O)ccc12. The van der Waals surface area contributed by atoms with Crippen molar-refractivity contribution in [3.05, 3.63) is 64.3 Å². The van der Waals surface area contributed by atoms with Gasteiger partial charge >= 0.3 is 0 Å². The lowest BCUT2D eigenvalue weighted by molar-refractivity contribution is -0.129. The molecule has 3 aromatic heterocycles. The Labute approximate surface area is 182 Å². The number of pyridine rings is 2. The highest BCUT2D eigenvalue weighted by Crippen LogP contribution is 2.28. The smallest absolute Gasteiger partial charge is 0.240 e. The van der Waals surface area contributed by atoms with Gasteiger partial charge in [0.05, 0.1) is 21.6 Å². The Balaban J connectivity index is 1.23. The van der Waals surface area contributed by atoms with E-state index in [9.17, 15) is 4.79 Å². The Bertz CT molecular complexity index is 1260. The summed E-state index contributed by atoms with van der Waals surface area (Å²) >= 11 is 7.53. The van der Waals surface area contributed by atoms with Crippen LogP contribution in [0.1, 0.15) is 17.7 Å². The van der Waals surface area contributed by atoms with Gasteiger partial charge in [0.2, 0.25) is 5.91 Å². The number of amides is 1. The lowest BCUT2D eigenvalue weighted by Gasteiger charge is -2.17. The molecular weight excluding hydrogens is 418 g/mol. The van der Waals surface area contributed by atoms with E-state index < -0.39 is 0 Å². The number of benzene rings is 1. The molecule has 1 aliphatic heterocycles. The van der Waals surface area contributed by atoms with Crippen molar-refractivity contribution in [1.82, 2.24) is 20.2 Å². The van der Waals surface area contributed by atoms with Crippen molar-refractivity contribution in [1.29, 1.82) is 0 Å². The quantitative estimate of drug-likeness (QED) is 0.493. The fourth-order valence-corrected chi connectivity index (χ4v) is 4.99. The van der Waals surface area contributed by atoms with Crippen LogP contribution in [0.5, 0.6) is 0 Å². The van der Waals surface area contributed by atoms with E-state index in [0.717, 1.165) is 49.7 Å². The lowest BCUT2D eigenvalue weighted by atomic mass is 10.1. The molecule has 8 heteroatoms. The first-order valence-electron chi connectivity index (χ1n) is 9.77. The van der Waals surface area contributed by atoms with Crippen molar-refractivity contribution in [2.24, 2.45) is 0 Å². The number of nitrogens with two attached hydrogens (primary N) is 1. The summed E-state index contributed by atoms with van der Waals surface area (Å²) in [6, 6.07) is 13.5. The van der Waals surface area contributed by atoms with Gasteiger partial charge in [-0.2, -0.15) is 0 Å². The zero-order valence-corrected chi connectivity index (χ0v) is 17.7. The van der Waals surface area contributed by atoms with Crippen molar-refractivity contribution in [3.8, 4) is 0 Å². The van der Waals surface area contributed by atoms with Crippen molar-refractivity contribution < 1.29 is 4.79 Å². The zero-order valence-electron chi connectivity index (χ0n) is 16.1. The van der Waals surface area contributed by atoms with Crippen LogP contribution in [0.15, 0.2) is 48.7 Å². The van der Waals surface area contributed by atoms with Crippen LogP contribution < -0.4 is 11.1 Å². The first-order valence-corrected chi connectivity index (χ1v) is 11.0. The highest BCUT2D eigenvalue weighted by molar-refractivity contribution is 7.22. The monoisotopic (exact) mass is 437 g/mol. The average Bonchev–Trinajstić information content (AvgIpc) is 3.28. The molecule has 3 N–H and O–H groups in total. The molecule has 6 nitrogen and oxygen atoms in total. The van der Waals surface area contributed by atoms with Crippen LogP contribution in [0.3, 0.4) is 0 Å². The Morgan fingerprint density at radius 3 is 3.03 bits per heavy atom. The number of likely N-dealkylation sites (tertiary alicyclic amines) is 1. The molecule has 152 valence electrons. The number of hydrogen-bond donors (Lipinski definition) is 2. The fraction of sp³-hybridized carbons (Fsp3) is 0.227. The number of nitrogens with zero attached hydrogens (tertiary/aromatic N) is 3. The summed E-state index contributed by atoms with van der Waals surface area (Å²) in [5.74, 6) is 0.121. The minimum absolute atomic E-state index is 0.121. The molecule has 0 aliphatic carbocycles. The molecule has 0 radical (unpaired) electrons. The molecule has 1 unspecified atom stereocenters. The molecule has 1 saturated heterocycles. The number of carbonyl (C=O) groups excluding carboxylic acids is 1. The Hall–Kier alpha value is -2.74. The molecule has 0 saturated carbocycles. The predicted octanol–water partition coefficient (Wildman–Crippen LogP) is 3.97. The van der Waals surface area contributed by atoms with Gasteiger partial charge in [-0.05, 0) is 36.2 Å². The fourth-order valence-electron chi connectivity index (χ4n) is 3.87. The van der Waals surface area contributed by atoms with Crippen molar-refractivity contribution in [3.63, 3.8) is 0 Å². The van der Waals surface area contributed by atoms with E-state index in [1.165, 1.54) is 11.3 Å². The molecular formula is C22H20ClN5OS. The summed E-state index contributed by atoms with van der Waals surface area (Å²) in [7, 11) is 0. The third kappa shape index (κ3) is 3.71. The first-order chi connectivity index (χ1) is 14.6. The number of nitrogens with one attached hydrogen (secondary N) is 1. The van der Waals surface area contributed by atoms with Gasteiger partial charge in [0.15, 0.2) is 0 Å². The van der Waals surface area contributed by atoms with E-state index in [4.69, 9.17) is 17.3 Å². The van der Waals surface area contributed by atoms with E-state index in [0.29, 0.717) is 18.8 Å². The third-order valence-electron chi connectivity index (χ3n) is 5.45. The molecule has 30 heavy (non-hydrogen) atoms. The maximum Gasteiger partial charge on any atom is 0.240 e. The molecule has 4 aromatic rings. The summed E-state index contributed by atoms with van der Waals surface area (Å²) in [5, 5.41) is 5.34. The van der Waals surface area contributed by atoms with Crippen LogP contribution in [0.25, 0.3) is 21.1 Å². The van der Waals surface area contributed by atoms with Crippen LogP contribution in [-0.4, -0.2) is 33.4 Å². The van der Waals surface area contributed by atoms with E-state index in [1.54, 1.807) is 12.3 Å². The number of carbonyl (C=O) groups is 1. The number of rotatable bonds is 5. The van der Waals surface area contributed by atoms with Gasteiger partial charge in [0, 0.05) is 42.3 Å². The molecule has 1 atom stereocenters. The van der Waals surface area contributed by atoms with Gasteiger partial charge in [-0.25, -0.2) is 4.98 Å². The number of anilines is 1. The predicted molar refractivity (Wildman–Crippen MR) is 121 cm³/mol. The number of hydrogen-bond acceptors (Lipinski definition) is 6. The summed E-state index contributed by atoms with van der Waals surface area (Å²) < 4.78 is 0.732. The molecule has 0 spiro atoms. The van der Waals surface area contributed by atoms with Gasteiger partial charge in [-0.15, -0.1) is 11.3 Å².